The van der Waals surface area contributed by atoms with E-state index in [4.69, 9.17) is 0 Å². The number of hydrogen-bond acceptors (Lipinski definition) is 3. The number of likely N-dealkylation sites (tertiary alicyclic amines) is 1. The molecule has 1 aliphatic heterocycles. The van der Waals surface area contributed by atoms with Crippen LogP contribution in [0.4, 0.5) is 0 Å². The molecule has 1 aromatic heterocycles. The zero-order valence-corrected chi connectivity index (χ0v) is 19.6. The highest BCUT2D eigenvalue weighted by atomic mass is 16.2. The highest BCUT2D eigenvalue weighted by molar-refractivity contribution is 5.94. The van der Waals surface area contributed by atoms with E-state index in [1.807, 2.05) is 66.7 Å². The van der Waals surface area contributed by atoms with Crippen LogP contribution in [-0.2, 0) is 18.3 Å². The zero-order valence-electron chi connectivity index (χ0n) is 19.6. The predicted octanol–water partition coefficient (Wildman–Crippen LogP) is 3.68. The average molecular weight is 425 g/mol. The van der Waals surface area contributed by atoms with Crippen molar-refractivity contribution >= 4 is 11.8 Å². The number of nitrogens with zero attached hydrogens (tertiary/aromatic N) is 4. The lowest BCUT2D eigenvalue weighted by Gasteiger charge is -2.32. The van der Waals surface area contributed by atoms with Crippen molar-refractivity contribution in [3.63, 3.8) is 0 Å². The predicted molar refractivity (Wildman–Crippen MR) is 123 cm³/mol. The lowest BCUT2D eigenvalue weighted by atomic mass is 9.91. The molecule has 1 fully saturated rings. The fourth-order valence-electron chi connectivity index (χ4n) is 4.41. The molecule has 2 aromatic rings. The molecule has 0 radical (unpaired) electrons. The Labute approximate surface area is 186 Å². The molecular weight excluding hydrogens is 388 g/mol. The van der Waals surface area contributed by atoms with E-state index in [9.17, 15) is 9.59 Å². The molecule has 0 aliphatic carbocycles. The summed E-state index contributed by atoms with van der Waals surface area (Å²) in [7, 11) is 3.85. The maximum absolute atomic E-state index is 12.7. The van der Waals surface area contributed by atoms with Crippen molar-refractivity contribution < 1.29 is 9.59 Å². The van der Waals surface area contributed by atoms with Gasteiger partial charge in [0.05, 0.1) is 5.69 Å². The quantitative estimate of drug-likeness (QED) is 0.681. The fraction of sp³-hybridized carbons (Fsp3) is 0.560. The number of likely N-dealkylation sites (N-methyl/N-ethyl adjacent to an activating group) is 1. The maximum Gasteiger partial charge on any atom is 0.253 e. The van der Waals surface area contributed by atoms with Crippen molar-refractivity contribution in [2.45, 2.75) is 52.9 Å². The lowest BCUT2D eigenvalue weighted by molar-refractivity contribution is -0.130. The Morgan fingerprint density at radius 3 is 2.32 bits per heavy atom. The van der Waals surface area contributed by atoms with Gasteiger partial charge in [0.1, 0.15) is 0 Å². The first-order chi connectivity index (χ1) is 14.8. The van der Waals surface area contributed by atoms with Crippen LogP contribution < -0.4 is 0 Å². The molecule has 1 aliphatic rings. The lowest BCUT2D eigenvalue weighted by Crippen LogP contribution is -2.38. The maximum atomic E-state index is 12.7. The number of carbonyl (C=O) groups is 2. The SMILES string of the molecule is Cc1ccc(C(=O)N2CCC(CCC(=O)N(C)CCc3c(C)nn(C)c3C)CC2)cc1. The molecule has 0 atom stereocenters. The zero-order chi connectivity index (χ0) is 22.5. The van der Waals surface area contributed by atoms with Gasteiger partial charge < -0.3 is 9.80 Å². The standard InChI is InChI=1S/C25H36N4O2/c1-18-6-9-22(10-7-18)25(31)29-16-12-21(13-17-29)8-11-24(30)27(4)15-14-23-19(2)26-28(5)20(23)3/h6-7,9-10,21H,8,11-17H2,1-5H3. The summed E-state index contributed by atoms with van der Waals surface area (Å²) in [6.45, 7) is 8.41. The van der Waals surface area contributed by atoms with Crippen molar-refractivity contribution in [1.82, 2.24) is 19.6 Å². The summed E-state index contributed by atoms with van der Waals surface area (Å²) >= 11 is 0. The number of benzene rings is 1. The van der Waals surface area contributed by atoms with Crippen LogP contribution in [0.25, 0.3) is 0 Å². The summed E-state index contributed by atoms with van der Waals surface area (Å²) in [6.07, 6.45) is 4.28. The summed E-state index contributed by atoms with van der Waals surface area (Å²) in [5.74, 6) is 0.842. The number of carbonyl (C=O) groups excluding carboxylic acids is 2. The molecule has 0 bridgehead atoms. The largest absolute Gasteiger partial charge is 0.345 e. The van der Waals surface area contributed by atoms with Crippen molar-refractivity contribution in [1.29, 1.82) is 0 Å². The highest BCUT2D eigenvalue weighted by Gasteiger charge is 2.24. The van der Waals surface area contributed by atoms with Gasteiger partial charge in [-0.3, -0.25) is 14.3 Å². The summed E-state index contributed by atoms with van der Waals surface area (Å²) in [4.78, 5) is 29.1. The minimum absolute atomic E-state index is 0.121. The second-order valence-corrected chi connectivity index (χ2v) is 8.98. The Morgan fingerprint density at radius 2 is 1.74 bits per heavy atom. The Bertz CT molecular complexity index is 908. The van der Waals surface area contributed by atoms with Gasteiger partial charge in [0.15, 0.2) is 0 Å². The summed E-state index contributed by atoms with van der Waals surface area (Å²) < 4.78 is 1.91. The average Bonchev–Trinajstić information content (AvgIpc) is 3.01. The van der Waals surface area contributed by atoms with Gasteiger partial charge in [-0.15, -0.1) is 0 Å². The molecule has 2 heterocycles. The van der Waals surface area contributed by atoms with E-state index in [1.165, 1.54) is 11.3 Å². The fourth-order valence-corrected chi connectivity index (χ4v) is 4.41. The van der Waals surface area contributed by atoms with Crippen LogP contribution in [0.3, 0.4) is 0 Å². The molecule has 31 heavy (non-hydrogen) atoms. The molecule has 0 saturated carbocycles. The van der Waals surface area contributed by atoms with Crippen molar-refractivity contribution in [3.8, 4) is 0 Å². The molecule has 0 spiro atoms. The molecule has 168 valence electrons. The van der Waals surface area contributed by atoms with Crippen molar-refractivity contribution in [2.24, 2.45) is 13.0 Å². The molecular formula is C25H36N4O2. The van der Waals surface area contributed by atoms with Gasteiger partial charge in [0.2, 0.25) is 5.91 Å². The van der Waals surface area contributed by atoms with E-state index < -0.39 is 0 Å². The van der Waals surface area contributed by atoms with Crippen LogP contribution in [0.15, 0.2) is 24.3 Å². The van der Waals surface area contributed by atoms with Crippen LogP contribution in [0.2, 0.25) is 0 Å². The molecule has 3 rings (SSSR count). The first-order valence-electron chi connectivity index (χ1n) is 11.3. The number of rotatable bonds is 7. The number of aryl methyl sites for hydroxylation is 3. The third kappa shape index (κ3) is 5.75. The van der Waals surface area contributed by atoms with Gasteiger partial charge >= 0.3 is 0 Å². The minimum Gasteiger partial charge on any atom is -0.345 e. The first kappa shape index (κ1) is 23.0. The van der Waals surface area contributed by atoms with E-state index >= 15 is 0 Å². The van der Waals surface area contributed by atoms with Crippen LogP contribution in [-0.4, -0.2) is 58.1 Å². The molecule has 0 unspecified atom stereocenters. The Hall–Kier alpha value is -2.63. The summed E-state index contributed by atoms with van der Waals surface area (Å²) in [5, 5.41) is 4.46. The molecule has 6 nitrogen and oxygen atoms in total. The van der Waals surface area contributed by atoms with Gasteiger partial charge in [0, 0.05) is 51.4 Å². The number of hydrogen-bond donors (Lipinski definition) is 0. The van der Waals surface area contributed by atoms with Crippen LogP contribution in [0, 0.1) is 26.7 Å². The van der Waals surface area contributed by atoms with Crippen LogP contribution in [0.1, 0.15) is 58.6 Å². The monoisotopic (exact) mass is 424 g/mol. The second kappa shape index (κ2) is 10.1. The van der Waals surface area contributed by atoms with Crippen LogP contribution >= 0.6 is 0 Å². The topological polar surface area (TPSA) is 58.4 Å². The first-order valence-corrected chi connectivity index (χ1v) is 11.3. The number of piperidine rings is 1. The van der Waals surface area contributed by atoms with Gasteiger partial charge in [0.25, 0.3) is 5.91 Å². The second-order valence-electron chi connectivity index (χ2n) is 8.98. The van der Waals surface area contributed by atoms with Crippen molar-refractivity contribution in [2.75, 3.05) is 26.7 Å². The van der Waals surface area contributed by atoms with E-state index in [0.717, 1.165) is 62.1 Å². The molecule has 0 N–H and O–H groups in total. The molecule has 1 saturated heterocycles. The third-order valence-electron chi connectivity index (χ3n) is 6.75. The number of aromatic nitrogens is 2. The van der Waals surface area contributed by atoms with Gasteiger partial charge in [-0.2, -0.15) is 5.10 Å². The summed E-state index contributed by atoms with van der Waals surface area (Å²) in [5.41, 5.74) is 5.39. The van der Waals surface area contributed by atoms with Crippen LogP contribution in [0.5, 0.6) is 0 Å². The Morgan fingerprint density at radius 1 is 1.10 bits per heavy atom. The molecule has 1 aromatic carbocycles. The number of amides is 2. The highest BCUT2D eigenvalue weighted by Crippen LogP contribution is 2.24. The van der Waals surface area contributed by atoms with Gasteiger partial charge in [-0.05, 0) is 70.1 Å². The van der Waals surface area contributed by atoms with Gasteiger partial charge in [-0.1, -0.05) is 17.7 Å². The van der Waals surface area contributed by atoms with E-state index in [-0.39, 0.29) is 11.8 Å². The van der Waals surface area contributed by atoms with E-state index in [2.05, 4.69) is 12.0 Å². The molecule has 2 amide bonds. The summed E-state index contributed by atoms with van der Waals surface area (Å²) in [6, 6.07) is 7.79. The molecule has 6 heteroatoms. The smallest absolute Gasteiger partial charge is 0.253 e. The Kier molecular flexibility index (Phi) is 7.52. The normalized spacial score (nSPS) is 14.7. The minimum atomic E-state index is 0.121. The Balaban J connectivity index is 1.40. The van der Waals surface area contributed by atoms with E-state index in [1.54, 1.807) is 0 Å². The third-order valence-corrected chi connectivity index (χ3v) is 6.75. The van der Waals surface area contributed by atoms with Gasteiger partial charge in [-0.25, -0.2) is 0 Å². The van der Waals surface area contributed by atoms with E-state index in [0.29, 0.717) is 12.3 Å². The van der Waals surface area contributed by atoms with Crippen molar-refractivity contribution in [3.05, 3.63) is 52.3 Å².